The molecular weight excluding hydrogens is 310 g/mol. The van der Waals surface area contributed by atoms with Crippen molar-refractivity contribution in [1.29, 1.82) is 0 Å². The molecule has 2 aromatic rings. The van der Waals surface area contributed by atoms with Gasteiger partial charge in [0, 0.05) is 26.1 Å². The third-order valence-electron chi connectivity index (χ3n) is 4.04. The van der Waals surface area contributed by atoms with Crippen molar-refractivity contribution in [3.8, 4) is 0 Å². The predicted octanol–water partition coefficient (Wildman–Crippen LogP) is 2.58. The Balaban J connectivity index is 1.49. The van der Waals surface area contributed by atoms with E-state index < -0.39 is 5.97 Å². The van der Waals surface area contributed by atoms with Gasteiger partial charge in [0.25, 0.3) is 5.91 Å². The molecule has 0 saturated carbocycles. The van der Waals surface area contributed by atoms with E-state index in [4.69, 9.17) is 14.3 Å². The van der Waals surface area contributed by atoms with Gasteiger partial charge < -0.3 is 19.2 Å². The van der Waals surface area contributed by atoms with Gasteiger partial charge in [-0.1, -0.05) is 30.3 Å². The average Bonchev–Trinajstić information content (AvgIpc) is 3.02. The molecule has 0 fully saturated rings. The third kappa shape index (κ3) is 3.49. The fraction of sp³-hybridized carbons (Fsp3) is 0.333. The van der Waals surface area contributed by atoms with E-state index >= 15 is 0 Å². The van der Waals surface area contributed by atoms with E-state index in [2.05, 4.69) is 0 Å². The smallest absolute Gasteiger partial charge is 0.339 e. The molecule has 1 aliphatic heterocycles. The maximum Gasteiger partial charge on any atom is 0.339 e. The van der Waals surface area contributed by atoms with Crippen molar-refractivity contribution >= 4 is 11.9 Å². The first-order chi connectivity index (χ1) is 11.7. The van der Waals surface area contributed by atoms with Crippen LogP contribution < -0.4 is 0 Å². The molecule has 1 aliphatic rings. The van der Waals surface area contributed by atoms with Gasteiger partial charge in [0.15, 0.2) is 0 Å². The van der Waals surface area contributed by atoms with E-state index in [1.165, 1.54) is 0 Å². The molecule has 1 amide bonds. The van der Waals surface area contributed by atoms with Crippen LogP contribution in [-0.4, -0.2) is 41.6 Å². The van der Waals surface area contributed by atoms with Gasteiger partial charge in [-0.05, 0) is 12.0 Å². The van der Waals surface area contributed by atoms with Gasteiger partial charge >= 0.3 is 5.97 Å². The van der Waals surface area contributed by atoms with Gasteiger partial charge in [-0.25, -0.2) is 4.79 Å². The van der Waals surface area contributed by atoms with Crippen LogP contribution in [0.4, 0.5) is 0 Å². The molecule has 0 saturated heterocycles. The van der Waals surface area contributed by atoms with E-state index in [0.717, 1.165) is 11.8 Å². The predicted molar refractivity (Wildman–Crippen MR) is 86.0 cm³/mol. The van der Waals surface area contributed by atoms with Gasteiger partial charge in [-0.2, -0.15) is 0 Å². The minimum Gasteiger partial charge on any atom is -0.478 e. The highest BCUT2D eigenvalue weighted by atomic mass is 16.5. The van der Waals surface area contributed by atoms with Crippen LogP contribution in [0.5, 0.6) is 0 Å². The Bertz CT molecular complexity index is 722. The summed E-state index contributed by atoms with van der Waals surface area (Å²) in [5, 5.41) is 9.14. The minimum atomic E-state index is -1.14. The molecule has 24 heavy (non-hydrogen) atoms. The van der Waals surface area contributed by atoms with E-state index in [9.17, 15) is 9.59 Å². The summed E-state index contributed by atoms with van der Waals surface area (Å²) in [5.74, 6) is -0.944. The van der Waals surface area contributed by atoms with Crippen LogP contribution in [0.25, 0.3) is 0 Å². The molecule has 0 unspecified atom stereocenters. The highest BCUT2D eigenvalue weighted by molar-refractivity contribution is 6.06. The number of fused-ring (bicyclic) bond motifs is 1. The zero-order valence-electron chi connectivity index (χ0n) is 13.2. The molecule has 0 spiro atoms. The molecule has 3 rings (SSSR count). The molecule has 1 aromatic heterocycles. The lowest BCUT2D eigenvalue weighted by Crippen LogP contribution is -2.38. The van der Waals surface area contributed by atoms with Crippen LogP contribution in [0.2, 0.25) is 0 Å². The van der Waals surface area contributed by atoms with E-state index in [0.29, 0.717) is 44.9 Å². The number of ether oxygens (including phenoxy) is 1. The molecule has 6 nitrogen and oxygen atoms in total. The number of aromatic carboxylic acids is 1. The Labute approximate surface area is 139 Å². The summed E-state index contributed by atoms with van der Waals surface area (Å²) in [6, 6.07) is 9.90. The minimum absolute atomic E-state index is 0.0555. The van der Waals surface area contributed by atoms with Gasteiger partial charge in [-0.3, -0.25) is 4.79 Å². The monoisotopic (exact) mass is 329 g/mol. The molecule has 0 atom stereocenters. The van der Waals surface area contributed by atoms with Crippen LogP contribution in [0.3, 0.4) is 0 Å². The van der Waals surface area contributed by atoms with Crippen molar-refractivity contribution < 1.29 is 23.8 Å². The quantitative estimate of drug-likeness (QED) is 0.790. The lowest BCUT2D eigenvalue weighted by molar-refractivity contribution is 0.0651. The normalized spacial score (nSPS) is 13.8. The number of amides is 1. The summed E-state index contributed by atoms with van der Waals surface area (Å²) in [7, 11) is 0. The molecule has 0 aliphatic carbocycles. The number of carboxylic acids is 1. The number of carboxylic acid groups (broad SMARTS) is 1. The fourth-order valence-electron chi connectivity index (χ4n) is 2.81. The van der Waals surface area contributed by atoms with Crippen molar-refractivity contribution in [1.82, 2.24) is 4.90 Å². The Morgan fingerprint density at radius 2 is 2.08 bits per heavy atom. The highest BCUT2D eigenvalue weighted by Crippen LogP contribution is 2.24. The number of carbonyl (C=O) groups excluding carboxylic acids is 1. The van der Waals surface area contributed by atoms with Gasteiger partial charge in [0.05, 0.1) is 12.2 Å². The maximum atomic E-state index is 12.5. The molecule has 0 radical (unpaired) electrons. The second-order valence-electron chi connectivity index (χ2n) is 5.69. The van der Waals surface area contributed by atoms with Crippen molar-refractivity contribution in [2.75, 3.05) is 19.7 Å². The van der Waals surface area contributed by atoms with Crippen molar-refractivity contribution in [2.24, 2.45) is 0 Å². The zero-order valence-corrected chi connectivity index (χ0v) is 13.2. The molecule has 1 aromatic carbocycles. The average molecular weight is 329 g/mol. The Morgan fingerprint density at radius 1 is 1.29 bits per heavy atom. The number of nitrogens with zero attached hydrogens (tertiary/aromatic N) is 1. The molecule has 6 heteroatoms. The number of furan rings is 1. The van der Waals surface area contributed by atoms with Crippen molar-refractivity contribution in [3.05, 3.63) is 59.0 Å². The first-order valence-corrected chi connectivity index (χ1v) is 7.91. The standard InChI is InChI=1S/C18H19NO5/c20-17-16-14(18(21)22)12-24-15(16)7-9-19(17)8-4-10-23-11-13-5-2-1-3-6-13/h1-3,5-6,12H,4,7-11H2,(H,21,22). The number of hydrogen-bond acceptors (Lipinski definition) is 4. The molecular formula is C18H19NO5. The highest BCUT2D eigenvalue weighted by Gasteiger charge is 2.32. The topological polar surface area (TPSA) is 80.0 Å². The first kappa shape index (κ1) is 16.3. The molecule has 126 valence electrons. The molecule has 2 heterocycles. The second kappa shape index (κ2) is 7.31. The van der Waals surface area contributed by atoms with E-state index in [-0.39, 0.29) is 17.0 Å². The number of hydrogen-bond donors (Lipinski definition) is 1. The summed E-state index contributed by atoms with van der Waals surface area (Å²) < 4.78 is 10.8. The Kier molecular flexibility index (Phi) is 4.96. The van der Waals surface area contributed by atoms with Crippen molar-refractivity contribution in [2.45, 2.75) is 19.4 Å². The summed E-state index contributed by atoms with van der Waals surface area (Å²) >= 11 is 0. The maximum absolute atomic E-state index is 12.5. The van der Waals surface area contributed by atoms with Gasteiger partial charge in [-0.15, -0.1) is 0 Å². The van der Waals surface area contributed by atoms with E-state index in [1.807, 2.05) is 30.3 Å². The first-order valence-electron chi connectivity index (χ1n) is 7.91. The number of benzene rings is 1. The van der Waals surface area contributed by atoms with Crippen LogP contribution in [0, 0.1) is 0 Å². The molecule has 1 N–H and O–H groups in total. The number of carbonyl (C=O) groups is 2. The fourth-order valence-corrected chi connectivity index (χ4v) is 2.81. The summed E-state index contributed by atoms with van der Waals surface area (Å²) in [5.41, 5.74) is 1.25. The summed E-state index contributed by atoms with van der Waals surface area (Å²) in [6.45, 7) is 2.17. The Morgan fingerprint density at radius 3 is 2.83 bits per heavy atom. The van der Waals surface area contributed by atoms with Gasteiger partial charge in [0.1, 0.15) is 17.6 Å². The lowest BCUT2D eigenvalue weighted by Gasteiger charge is -2.26. The summed E-state index contributed by atoms with van der Waals surface area (Å²) in [4.78, 5) is 25.3. The van der Waals surface area contributed by atoms with Crippen LogP contribution in [0.1, 0.15) is 38.5 Å². The largest absolute Gasteiger partial charge is 0.478 e. The van der Waals surface area contributed by atoms with Crippen LogP contribution >= 0.6 is 0 Å². The van der Waals surface area contributed by atoms with Crippen molar-refractivity contribution in [3.63, 3.8) is 0 Å². The second-order valence-corrected chi connectivity index (χ2v) is 5.69. The third-order valence-corrected chi connectivity index (χ3v) is 4.04. The van der Waals surface area contributed by atoms with E-state index in [1.54, 1.807) is 4.90 Å². The van der Waals surface area contributed by atoms with Crippen LogP contribution in [-0.2, 0) is 17.8 Å². The molecule has 0 bridgehead atoms. The number of rotatable bonds is 7. The zero-order chi connectivity index (χ0) is 16.9. The summed E-state index contributed by atoms with van der Waals surface area (Å²) in [6.07, 6.45) is 2.39. The van der Waals surface area contributed by atoms with Gasteiger partial charge in [0.2, 0.25) is 0 Å². The Hall–Kier alpha value is -2.60. The lowest BCUT2D eigenvalue weighted by atomic mass is 10.0. The van der Waals surface area contributed by atoms with Crippen LogP contribution in [0.15, 0.2) is 41.0 Å². The SMILES string of the molecule is O=C(O)c1coc2c1C(=O)N(CCCOCc1ccccc1)CC2.